The molecule has 0 aromatic carbocycles. The molecule has 0 aromatic heterocycles. The molecule has 0 bridgehead atoms. The predicted octanol–water partition coefficient (Wildman–Crippen LogP) is 3.94. The molecule has 3 N–H and O–H groups in total. The van der Waals surface area contributed by atoms with E-state index in [4.69, 9.17) is 0 Å². The molecule has 7 nitrogen and oxygen atoms in total. The van der Waals surface area contributed by atoms with Crippen molar-refractivity contribution in [3.05, 3.63) is 73.3 Å². The molecule has 0 amide bonds. The lowest BCUT2D eigenvalue weighted by molar-refractivity contribution is -0.139. The number of aliphatic carboxylic acids is 1. The van der Waals surface area contributed by atoms with E-state index in [1.54, 1.807) is 4.90 Å². The number of aliphatic hydroxyl groups is 2. The van der Waals surface area contributed by atoms with Gasteiger partial charge in [0.2, 0.25) is 0 Å². The molecule has 0 radical (unpaired) electrons. The van der Waals surface area contributed by atoms with Crippen molar-refractivity contribution in [2.24, 2.45) is 0 Å². The monoisotopic (exact) mass is 444 g/mol. The average Bonchev–Trinajstić information content (AvgIpc) is 2.77. The molecule has 2 unspecified atom stereocenters. The third-order valence-corrected chi connectivity index (χ3v) is 5.68. The third kappa shape index (κ3) is 7.98. The van der Waals surface area contributed by atoms with Crippen LogP contribution in [-0.2, 0) is 9.59 Å². The first-order chi connectivity index (χ1) is 15.2. The van der Waals surface area contributed by atoms with E-state index < -0.39 is 5.97 Å². The number of Topliss-reactive ketones (excluding diaryl/α,β-unsaturated/α-hetero) is 1. The molecule has 1 rings (SSSR count). The van der Waals surface area contributed by atoms with Gasteiger partial charge in [-0.1, -0.05) is 51.3 Å². The number of ketones is 1. The Labute approximate surface area is 191 Å². The van der Waals surface area contributed by atoms with Crippen LogP contribution in [-0.4, -0.2) is 75.1 Å². The highest BCUT2D eigenvalue weighted by molar-refractivity contribution is 5.77. The lowest BCUT2D eigenvalue weighted by atomic mass is 9.87. The standard InChI is InChI=1S/C25H36N2O5/c1-6-19(23(29)8-3)15-26(14-18(5)28)21-12-10-11-13-22(21)27(17-25(31)32)16-20(7-2)24(30)9-4/h6-9,21-22,29-30H,1-4,10-17H2,5H3,(H,31,32)/b23-19-,24-20-. The smallest absolute Gasteiger partial charge is 0.317 e. The fraction of sp³-hybridized carbons (Fsp3) is 0.440. The number of allylic oxidation sites excluding steroid dienone is 2. The summed E-state index contributed by atoms with van der Waals surface area (Å²) in [5.74, 6) is -1.06. The molecule has 0 spiro atoms. The lowest BCUT2D eigenvalue weighted by Gasteiger charge is -2.45. The Morgan fingerprint density at radius 2 is 1.16 bits per heavy atom. The molecule has 0 heterocycles. The van der Waals surface area contributed by atoms with Gasteiger partial charge >= 0.3 is 5.97 Å². The van der Waals surface area contributed by atoms with Crippen molar-refractivity contribution < 1.29 is 24.9 Å². The Hall–Kier alpha value is -2.90. The number of aliphatic hydroxyl groups excluding tert-OH is 2. The zero-order valence-electron chi connectivity index (χ0n) is 19.0. The van der Waals surface area contributed by atoms with Crippen molar-refractivity contribution in [2.75, 3.05) is 26.2 Å². The maximum absolute atomic E-state index is 12.1. The SMILES string of the molecule is C=C/C(O)=C(\C=C)CN(CC(C)=O)C1CCCCC1N(CC(=O)O)C/C(C=C)=C(\O)C=C. The lowest BCUT2D eigenvalue weighted by Crippen LogP contribution is -2.56. The van der Waals surface area contributed by atoms with Gasteiger partial charge in [-0.05, 0) is 31.9 Å². The van der Waals surface area contributed by atoms with Gasteiger partial charge < -0.3 is 15.3 Å². The van der Waals surface area contributed by atoms with Crippen LogP contribution in [0.25, 0.3) is 0 Å². The second-order valence-corrected chi connectivity index (χ2v) is 7.96. The molecule has 1 fully saturated rings. The Kier molecular flexibility index (Phi) is 11.4. The fourth-order valence-corrected chi connectivity index (χ4v) is 4.18. The summed E-state index contributed by atoms with van der Waals surface area (Å²) in [5, 5.41) is 29.9. The molecule has 0 saturated heterocycles. The number of carbonyl (C=O) groups excluding carboxylic acids is 1. The van der Waals surface area contributed by atoms with Crippen LogP contribution in [0.15, 0.2) is 73.3 Å². The Bertz CT molecular complexity index is 730. The van der Waals surface area contributed by atoms with Crippen LogP contribution in [0.1, 0.15) is 32.6 Å². The summed E-state index contributed by atoms with van der Waals surface area (Å²) >= 11 is 0. The zero-order valence-corrected chi connectivity index (χ0v) is 19.0. The number of hydrogen-bond acceptors (Lipinski definition) is 6. The van der Waals surface area contributed by atoms with Gasteiger partial charge in [0, 0.05) is 36.3 Å². The molecule has 176 valence electrons. The minimum Gasteiger partial charge on any atom is -0.508 e. The highest BCUT2D eigenvalue weighted by atomic mass is 16.4. The topological polar surface area (TPSA) is 101 Å². The van der Waals surface area contributed by atoms with Crippen LogP contribution in [0.4, 0.5) is 0 Å². The zero-order chi connectivity index (χ0) is 24.3. The quantitative estimate of drug-likeness (QED) is 0.275. The Balaban J connectivity index is 3.39. The van der Waals surface area contributed by atoms with Crippen LogP contribution in [0, 0.1) is 0 Å². The summed E-state index contributed by atoms with van der Waals surface area (Å²) in [7, 11) is 0. The number of carboxylic acids is 1. The largest absolute Gasteiger partial charge is 0.508 e. The van der Waals surface area contributed by atoms with E-state index in [1.165, 1.54) is 31.2 Å². The van der Waals surface area contributed by atoms with E-state index in [9.17, 15) is 24.9 Å². The highest BCUT2D eigenvalue weighted by Gasteiger charge is 2.36. The molecule has 0 aliphatic heterocycles. The first-order valence-corrected chi connectivity index (χ1v) is 10.7. The Morgan fingerprint density at radius 3 is 1.47 bits per heavy atom. The summed E-state index contributed by atoms with van der Waals surface area (Å²) in [6.45, 7) is 16.6. The van der Waals surface area contributed by atoms with Crippen LogP contribution >= 0.6 is 0 Å². The van der Waals surface area contributed by atoms with E-state index in [1.807, 2.05) is 4.90 Å². The third-order valence-electron chi connectivity index (χ3n) is 5.68. The van der Waals surface area contributed by atoms with Crippen molar-refractivity contribution in [1.82, 2.24) is 9.80 Å². The minimum atomic E-state index is -0.982. The van der Waals surface area contributed by atoms with Crippen LogP contribution in [0.3, 0.4) is 0 Å². The molecule has 7 heteroatoms. The normalized spacial score (nSPS) is 20.2. The van der Waals surface area contributed by atoms with Gasteiger partial charge in [0.15, 0.2) is 0 Å². The summed E-state index contributed by atoms with van der Waals surface area (Å²) in [6, 6.07) is -0.305. The van der Waals surface area contributed by atoms with Gasteiger partial charge in [-0.25, -0.2) is 0 Å². The predicted molar refractivity (Wildman–Crippen MR) is 128 cm³/mol. The van der Waals surface area contributed by atoms with Crippen molar-refractivity contribution >= 4 is 11.8 Å². The molecule has 1 aliphatic carbocycles. The minimum absolute atomic E-state index is 0.00362. The Morgan fingerprint density at radius 1 is 0.750 bits per heavy atom. The first-order valence-electron chi connectivity index (χ1n) is 10.7. The summed E-state index contributed by atoms with van der Waals surface area (Å²) in [6.07, 6.45) is 9.05. The second kappa shape index (κ2) is 13.5. The molecule has 32 heavy (non-hydrogen) atoms. The second-order valence-electron chi connectivity index (χ2n) is 7.96. The first kappa shape index (κ1) is 27.1. The highest BCUT2D eigenvalue weighted by Crippen LogP contribution is 2.29. The van der Waals surface area contributed by atoms with E-state index in [-0.39, 0.29) is 55.6 Å². The van der Waals surface area contributed by atoms with Gasteiger partial charge in [0.1, 0.15) is 17.3 Å². The van der Waals surface area contributed by atoms with Gasteiger partial charge in [0.05, 0.1) is 13.1 Å². The van der Waals surface area contributed by atoms with Gasteiger partial charge in [0.25, 0.3) is 0 Å². The van der Waals surface area contributed by atoms with Crippen molar-refractivity contribution in [3.8, 4) is 0 Å². The molecule has 0 aromatic rings. The molecule has 1 aliphatic rings. The number of carboxylic acid groups (broad SMARTS) is 1. The van der Waals surface area contributed by atoms with Crippen LogP contribution in [0.2, 0.25) is 0 Å². The van der Waals surface area contributed by atoms with Gasteiger partial charge in [-0.3, -0.25) is 19.4 Å². The van der Waals surface area contributed by atoms with Crippen molar-refractivity contribution in [1.29, 1.82) is 0 Å². The van der Waals surface area contributed by atoms with E-state index >= 15 is 0 Å². The average molecular weight is 445 g/mol. The van der Waals surface area contributed by atoms with Crippen molar-refractivity contribution in [2.45, 2.75) is 44.7 Å². The van der Waals surface area contributed by atoms with Gasteiger partial charge in [-0.15, -0.1) is 0 Å². The van der Waals surface area contributed by atoms with Gasteiger partial charge in [-0.2, -0.15) is 0 Å². The molecule has 1 saturated carbocycles. The maximum Gasteiger partial charge on any atom is 0.317 e. The molecular formula is C25H36N2O5. The number of carbonyl (C=O) groups is 2. The van der Waals surface area contributed by atoms with Crippen LogP contribution < -0.4 is 0 Å². The summed E-state index contributed by atoms with van der Waals surface area (Å²) in [5.41, 5.74) is 1.03. The number of rotatable bonds is 14. The fourth-order valence-electron chi connectivity index (χ4n) is 4.18. The van der Waals surface area contributed by atoms with E-state index in [0.717, 1.165) is 25.7 Å². The van der Waals surface area contributed by atoms with E-state index in [0.29, 0.717) is 11.1 Å². The summed E-state index contributed by atoms with van der Waals surface area (Å²) < 4.78 is 0. The van der Waals surface area contributed by atoms with E-state index in [2.05, 4.69) is 26.3 Å². The molecular weight excluding hydrogens is 408 g/mol. The maximum atomic E-state index is 12.1. The number of hydrogen-bond donors (Lipinski definition) is 3. The number of nitrogens with zero attached hydrogens (tertiary/aromatic N) is 2. The van der Waals surface area contributed by atoms with Crippen molar-refractivity contribution in [3.63, 3.8) is 0 Å². The summed E-state index contributed by atoms with van der Waals surface area (Å²) in [4.78, 5) is 27.5. The van der Waals surface area contributed by atoms with Crippen LogP contribution in [0.5, 0.6) is 0 Å². The molecule has 2 atom stereocenters.